The van der Waals surface area contributed by atoms with Crippen LogP contribution in [0, 0.1) is 0 Å². The van der Waals surface area contributed by atoms with Crippen LogP contribution in [-0.2, 0) is 9.84 Å². The Labute approximate surface area is 115 Å². The van der Waals surface area contributed by atoms with E-state index in [1.807, 2.05) is 0 Å². The predicted octanol–water partition coefficient (Wildman–Crippen LogP) is 3.05. The second-order valence-electron chi connectivity index (χ2n) is 4.34. The van der Waals surface area contributed by atoms with E-state index in [-0.39, 0.29) is 16.2 Å². The third kappa shape index (κ3) is 1.79. The van der Waals surface area contributed by atoms with Gasteiger partial charge >= 0.3 is 0 Å². The summed E-state index contributed by atoms with van der Waals surface area (Å²) >= 11 is 5.78. The molecule has 0 saturated heterocycles. The molecular weight excluding hydrogens is 284 g/mol. The summed E-state index contributed by atoms with van der Waals surface area (Å²) in [4.78, 5) is 12.4. The molecule has 1 heterocycles. The summed E-state index contributed by atoms with van der Waals surface area (Å²) < 4.78 is 24.9. The van der Waals surface area contributed by atoms with Gasteiger partial charge in [0.2, 0.25) is 0 Å². The average molecular weight is 293 g/mol. The van der Waals surface area contributed by atoms with Crippen LogP contribution >= 0.6 is 11.6 Å². The molecule has 0 aromatic heterocycles. The smallest absolute Gasteiger partial charge is 0.193 e. The number of halogens is 1. The van der Waals surface area contributed by atoms with Crippen molar-refractivity contribution in [2.24, 2.45) is 0 Å². The molecular formula is C14H9ClO3S. The summed E-state index contributed by atoms with van der Waals surface area (Å²) in [6.07, 6.45) is 0. The number of ketones is 1. The van der Waals surface area contributed by atoms with Gasteiger partial charge in [0, 0.05) is 10.6 Å². The van der Waals surface area contributed by atoms with Gasteiger partial charge in [0.1, 0.15) is 0 Å². The van der Waals surface area contributed by atoms with Gasteiger partial charge in [0.15, 0.2) is 20.9 Å². The fraction of sp³-hybridized carbons (Fsp3) is 0.0714. The van der Waals surface area contributed by atoms with Crippen molar-refractivity contribution in [3.8, 4) is 0 Å². The molecule has 2 aromatic rings. The van der Waals surface area contributed by atoms with Crippen molar-refractivity contribution < 1.29 is 13.2 Å². The van der Waals surface area contributed by atoms with E-state index in [2.05, 4.69) is 0 Å². The molecule has 0 aliphatic carbocycles. The maximum absolute atomic E-state index is 12.4. The highest BCUT2D eigenvalue weighted by Gasteiger charge is 2.44. The summed E-state index contributed by atoms with van der Waals surface area (Å²) in [5.41, 5.74) is 0.716. The van der Waals surface area contributed by atoms with Gasteiger partial charge in [-0.25, -0.2) is 8.42 Å². The van der Waals surface area contributed by atoms with Crippen LogP contribution in [0.5, 0.6) is 0 Å². The Morgan fingerprint density at radius 3 is 2.21 bits per heavy atom. The number of Topliss-reactive ketones (excluding diaryl/α,β-unsaturated/α-hetero) is 1. The lowest BCUT2D eigenvalue weighted by molar-refractivity contribution is 0.0990. The van der Waals surface area contributed by atoms with Crippen LogP contribution in [0.3, 0.4) is 0 Å². The third-order valence-electron chi connectivity index (χ3n) is 3.18. The maximum Gasteiger partial charge on any atom is 0.193 e. The highest BCUT2D eigenvalue weighted by Crippen LogP contribution is 2.40. The number of fused-ring (bicyclic) bond motifs is 1. The lowest BCUT2D eigenvalue weighted by atomic mass is 10.0. The first kappa shape index (κ1) is 12.4. The van der Waals surface area contributed by atoms with Crippen molar-refractivity contribution in [3.05, 3.63) is 64.7 Å². The largest absolute Gasteiger partial charge is 0.292 e. The van der Waals surface area contributed by atoms with Crippen molar-refractivity contribution in [2.75, 3.05) is 0 Å². The molecule has 0 amide bonds. The maximum atomic E-state index is 12.4. The number of carbonyl (C=O) groups is 1. The Hall–Kier alpha value is -1.65. The van der Waals surface area contributed by atoms with E-state index < -0.39 is 15.1 Å². The van der Waals surface area contributed by atoms with E-state index in [9.17, 15) is 13.2 Å². The van der Waals surface area contributed by atoms with Crippen molar-refractivity contribution >= 4 is 27.2 Å². The van der Waals surface area contributed by atoms with Crippen LogP contribution in [0.1, 0.15) is 21.2 Å². The number of carbonyl (C=O) groups excluding carboxylic acids is 1. The van der Waals surface area contributed by atoms with Crippen molar-refractivity contribution in [1.29, 1.82) is 0 Å². The SMILES string of the molecule is O=C1c2ccccc2S(=O)(=O)[C@@H]1c1ccc(Cl)cc1. The first-order chi connectivity index (χ1) is 9.01. The Morgan fingerprint density at radius 1 is 0.947 bits per heavy atom. The Kier molecular flexibility index (Phi) is 2.73. The van der Waals surface area contributed by atoms with Gasteiger partial charge in [-0.2, -0.15) is 0 Å². The summed E-state index contributed by atoms with van der Waals surface area (Å²) in [5, 5.41) is -0.647. The molecule has 19 heavy (non-hydrogen) atoms. The molecule has 0 unspecified atom stereocenters. The standard InChI is InChI=1S/C14H9ClO3S/c15-10-7-5-9(6-8-10)14-13(16)11-3-1-2-4-12(11)19(14,17)18/h1-8,14H/t14-/m1/s1. The van der Waals surface area contributed by atoms with Crippen LogP contribution in [0.15, 0.2) is 53.4 Å². The number of hydrogen-bond acceptors (Lipinski definition) is 3. The average Bonchev–Trinajstić information content (AvgIpc) is 2.60. The molecule has 0 radical (unpaired) electrons. The van der Waals surface area contributed by atoms with Gasteiger partial charge in [-0.1, -0.05) is 41.9 Å². The molecule has 5 heteroatoms. The highest BCUT2D eigenvalue weighted by atomic mass is 35.5. The second-order valence-corrected chi connectivity index (χ2v) is 6.77. The fourth-order valence-electron chi connectivity index (χ4n) is 2.30. The molecule has 1 aliphatic heterocycles. The summed E-state index contributed by atoms with van der Waals surface area (Å²) in [6.45, 7) is 0. The van der Waals surface area contributed by atoms with Gasteiger partial charge < -0.3 is 0 Å². The van der Waals surface area contributed by atoms with Crippen LogP contribution < -0.4 is 0 Å². The lowest BCUT2D eigenvalue weighted by Gasteiger charge is -2.08. The molecule has 0 bridgehead atoms. The molecule has 1 atom stereocenters. The number of sulfone groups is 1. The minimum absolute atomic E-state index is 0.111. The summed E-state index contributed by atoms with van der Waals surface area (Å²) in [7, 11) is -3.65. The van der Waals surface area contributed by atoms with E-state index in [1.54, 1.807) is 42.5 Å². The van der Waals surface area contributed by atoms with Crippen molar-refractivity contribution in [1.82, 2.24) is 0 Å². The zero-order chi connectivity index (χ0) is 13.6. The van der Waals surface area contributed by atoms with Crippen LogP contribution in [0.4, 0.5) is 0 Å². The molecule has 3 rings (SSSR count). The topological polar surface area (TPSA) is 51.2 Å². The lowest BCUT2D eigenvalue weighted by Crippen LogP contribution is -2.13. The third-order valence-corrected chi connectivity index (χ3v) is 5.51. The first-order valence-corrected chi connectivity index (χ1v) is 7.57. The van der Waals surface area contributed by atoms with Crippen LogP contribution in [0.25, 0.3) is 0 Å². The van der Waals surface area contributed by atoms with E-state index in [1.165, 1.54) is 6.07 Å². The van der Waals surface area contributed by atoms with Crippen molar-refractivity contribution in [3.63, 3.8) is 0 Å². The van der Waals surface area contributed by atoms with Gasteiger partial charge in [-0.15, -0.1) is 0 Å². The van der Waals surface area contributed by atoms with Gasteiger partial charge in [0.05, 0.1) is 4.90 Å². The molecule has 96 valence electrons. The van der Waals surface area contributed by atoms with E-state index in [0.717, 1.165) is 0 Å². The highest BCUT2D eigenvalue weighted by molar-refractivity contribution is 7.93. The zero-order valence-electron chi connectivity index (χ0n) is 9.71. The van der Waals surface area contributed by atoms with Crippen LogP contribution in [-0.4, -0.2) is 14.2 Å². The fourth-order valence-corrected chi connectivity index (χ4v) is 4.34. The van der Waals surface area contributed by atoms with Gasteiger partial charge in [-0.05, 0) is 23.8 Å². The molecule has 0 saturated carbocycles. The van der Waals surface area contributed by atoms with E-state index >= 15 is 0 Å². The minimum atomic E-state index is -3.65. The minimum Gasteiger partial charge on any atom is -0.292 e. The van der Waals surface area contributed by atoms with Gasteiger partial charge in [-0.3, -0.25) is 4.79 Å². The summed E-state index contributed by atoms with van der Waals surface area (Å²) in [5.74, 6) is -0.377. The number of hydrogen-bond donors (Lipinski definition) is 0. The Balaban J connectivity index is 2.21. The molecule has 3 nitrogen and oxygen atoms in total. The summed E-state index contributed by atoms with van der Waals surface area (Å²) in [6, 6.07) is 12.6. The Bertz CT molecular complexity index is 764. The van der Waals surface area contributed by atoms with Crippen molar-refractivity contribution in [2.45, 2.75) is 10.1 Å². The number of rotatable bonds is 1. The normalized spacial score (nSPS) is 20.3. The first-order valence-electron chi connectivity index (χ1n) is 5.64. The zero-order valence-corrected chi connectivity index (χ0v) is 11.3. The number of benzene rings is 2. The monoisotopic (exact) mass is 292 g/mol. The predicted molar refractivity (Wildman–Crippen MR) is 72.2 cm³/mol. The molecule has 0 N–H and O–H groups in total. The molecule has 2 aromatic carbocycles. The Morgan fingerprint density at radius 2 is 1.58 bits per heavy atom. The van der Waals surface area contributed by atoms with Crippen LogP contribution in [0.2, 0.25) is 5.02 Å². The van der Waals surface area contributed by atoms with Gasteiger partial charge in [0.25, 0.3) is 0 Å². The van der Waals surface area contributed by atoms with E-state index in [4.69, 9.17) is 11.6 Å². The quantitative estimate of drug-likeness (QED) is 0.812. The molecule has 1 aliphatic rings. The second kappa shape index (κ2) is 4.18. The van der Waals surface area contributed by atoms with E-state index in [0.29, 0.717) is 10.6 Å². The molecule has 0 fully saturated rings. The molecule has 0 spiro atoms.